The van der Waals surface area contributed by atoms with Crippen molar-refractivity contribution >= 4 is 16.9 Å². The molecule has 3 aromatic rings. The fraction of sp³-hybridized carbons (Fsp3) is 0. The number of aromatic amines is 1. The first kappa shape index (κ1) is 9.77. The van der Waals surface area contributed by atoms with Crippen molar-refractivity contribution in [2.24, 2.45) is 0 Å². The quantitative estimate of drug-likeness (QED) is 0.671. The molecule has 0 amide bonds. The van der Waals surface area contributed by atoms with E-state index in [2.05, 4.69) is 15.0 Å². The summed E-state index contributed by atoms with van der Waals surface area (Å²) >= 11 is 0. The van der Waals surface area contributed by atoms with Crippen LogP contribution in [0.15, 0.2) is 36.7 Å². The minimum absolute atomic E-state index is 0.174. The predicted octanol–water partition coefficient (Wildman–Crippen LogP) is 2.35. The Morgan fingerprint density at radius 3 is 2.94 bits per heavy atom. The average Bonchev–Trinajstić information content (AvgIpc) is 2.74. The molecule has 0 radical (unpaired) electrons. The van der Waals surface area contributed by atoms with Gasteiger partial charge in [0.25, 0.3) is 0 Å². The van der Waals surface area contributed by atoms with Crippen LogP contribution in [0.2, 0.25) is 0 Å². The van der Waals surface area contributed by atoms with Crippen molar-refractivity contribution in [1.82, 2.24) is 15.0 Å². The lowest BCUT2D eigenvalue weighted by Gasteiger charge is -2.00. The second-order valence-corrected chi connectivity index (χ2v) is 3.66. The van der Waals surface area contributed by atoms with Crippen LogP contribution in [0.25, 0.3) is 22.2 Å². The highest BCUT2D eigenvalue weighted by atomic mass is 19.1. The zero-order valence-corrected chi connectivity index (χ0v) is 8.81. The smallest absolute Gasteiger partial charge is 0.220 e. The number of benzene rings is 1. The Morgan fingerprint density at radius 2 is 2.12 bits per heavy atom. The van der Waals surface area contributed by atoms with E-state index in [9.17, 15) is 4.39 Å². The van der Waals surface area contributed by atoms with Crippen LogP contribution >= 0.6 is 0 Å². The van der Waals surface area contributed by atoms with Crippen molar-refractivity contribution in [2.75, 3.05) is 5.73 Å². The summed E-state index contributed by atoms with van der Waals surface area (Å²) in [5, 5.41) is 0.519. The molecule has 0 aliphatic rings. The van der Waals surface area contributed by atoms with Crippen LogP contribution in [0, 0.1) is 5.82 Å². The Morgan fingerprint density at radius 1 is 1.24 bits per heavy atom. The first-order chi connectivity index (χ1) is 8.25. The Labute approximate surface area is 96.3 Å². The largest absolute Gasteiger partial charge is 0.368 e. The molecule has 0 saturated heterocycles. The zero-order chi connectivity index (χ0) is 11.8. The number of nitrogens with zero attached hydrogens (tertiary/aromatic N) is 2. The molecule has 0 unspecified atom stereocenters. The van der Waals surface area contributed by atoms with Crippen molar-refractivity contribution in [3.63, 3.8) is 0 Å². The van der Waals surface area contributed by atoms with Crippen LogP contribution in [0.4, 0.5) is 10.3 Å². The molecule has 4 nitrogen and oxygen atoms in total. The van der Waals surface area contributed by atoms with E-state index in [1.54, 1.807) is 24.5 Å². The predicted molar refractivity (Wildman–Crippen MR) is 63.7 cm³/mol. The van der Waals surface area contributed by atoms with Gasteiger partial charge in [0, 0.05) is 28.9 Å². The van der Waals surface area contributed by atoms with Crippen LogP contribution in [-0.4, -0.2) is 15.0 Å². The number of hydrogen-bond donors (Lipinski definition) is 2. The third kappa shape index (κ3) is 1.52. The summed E-state index contributed by atoms with van der Waals surface area (Å²) in [6.07, 6.45) is 3.27. The number of anilines is 1. The van der Waals surface area contributed by atoms with Gasteiger partial charge < -0.3 is 10.7 Å². The molecule has 0 bridgehead atoms. The molecule has 3 rings (SSSR count). The van der Waals surface area contributed by atoms with E-state index in [4.69, 9.17) is 5.73 Å². The van der Waals surface area contributed by atoms with Gasteiger partial charge in [0.2, 0.25) is 5.95 Å². The van der Waals surface area contributed by atoms with Crippen molar-refractivity contribution in [3.05, 3.63) is 42.5 Å². The Balaban J connectivity index is 2.31. The van der Waals surface area contributed by atoms with Gasteiger partial charge in [0.15, 0.2) is 0 Å². The van der Waals surface area contributed by atoms with Gasteiger partial charge >= 0.3 is 0 Å². The molecule has 3 N–H and O–H groups in total. The van der Waals surface area contributed by atoms with E-state index < -0.39 is 0 Å². The molecule has 0 aliphatic carbocycles. The van der Waals surface area contributed by atoms with Crippen molar-refractivity contribution < 1.29 is 4.39 Å². The lowest BCUT2D eigenvalue weighted by atomic mass is 10.1. The maximum Gasteiger partial charge on any atom is 0.220 e. The van der Waals surface area contributed by atoms with E-state index in [-0.39, 0.29) is 11.8 Å². The number of nitrogens with one attached hydrogen (secondary N) is 1. The highest BCUT2D eigenvalue weighted by molar-refractivity contribution is 5.95. The van der Waals surface area contributed by atoms with Crippen LogP contribution in [0.3, 0.4) is 0 Å². The van der Waals surface area contributed by atoms with Gasteiger partial charge in [-0.3, -0.25) is 0 Å². The van der Waals surface area contributed by atoms with E-state index in [1.165, 1.54) is 6.07 Å². The third-order valence-corrected chi connectivity index (χ3v) is 2.61. The standard InChI is InChI=1S/C12H9FN4/c13-8-2-1-3-10-11(8)7(6-16-10)9-4-5-15-12(14)17-9/h1-6,16H,(H2,14,15,17). The minimum Gasteiger partial charge on any atom is -0.368 e. The van der Waals surface area contributed by atoms with E-state index in [1.807, 2.05) is 6.07 Å². The normalized spacial score (nSPS) is 10.9. The van der Waals surface area contributed by atoms with Crippen LogP contribution in [0.1, 0.15) is 0 Å². The lowest BCUT2D eigenvalue weighted by Crippen LogP contribution is -1.94. The number of H-pyrrole nitrogens is 1. The summed E-state index contributed by atoms with van der Waals surface area (Å²) in [5.41, 5.74) is 7.55. The molecule has 0 aliphatic heterocycles. The fourth-order valence-electron chi connectivity index (χ4n) is 1.87. The van der Waals surface area contributed by atoms with Crippen LogP contribution in [0.5, 0.6) is 0 Å². The van der Waals surface area contributed by atoms with Crippen LogP contribution in [-0.2, 0) is 0 Å². The monoisotopic (exact) mass is 228 g/mol. The number of rotatable bonds is 1. The highest BCUT2D eigenvalue weighted by Gasteiger charge is 2.11. The van der Waals surface area contributed by atoms with Crippen molar-refractivity contribution in [2.45, 2.75) is 0 Å². The summed E-state index contributed by atoms with van der Waals surface area (Å²) in [6, 6.07) is 6.59. The zero-order valence-electron chi connectivity index (χ0n) is 8.81. The summed E-state index contributed by atoms with van der Waals surface area (Å²) in [5.74, 6) is -0.107. The molecule has 0 atom stereocenters. The van der Waals surface area contributed by atoms with Gasteiger partial charge in [-0.25, -0.2) is 14.4 Å². The molecule has 1 aromatic carbocycles. The maximum absolute atomic E-state index is 13.8. The van der Waals surface area contributed by atoms with Gasteiger partial charge in [0.1, 0.15) is 5.82 Å². The molecule has 2 heterocycles. The molecule has 0 fully saturated rings. The SMILES string of the molecule is Nc1nccc(-c2c[nH]c3cccc(F)c23)n1. The number of fused-ring (bicyclic) bond motifs is 1. The fourth-order valence-corrected chi connectivity index (χ4v) is 1.87. The molecule has 17 heavy (non-hydrogen) atoms. The highest BCUT2D eigenvalue weighted by Crippen LogP contribution is 2.29. The van der Waals surface area contributed by atoms with E-state index in [0.717, 1.165) is 5.52 Å². The van der Waals surface area contributed by atoms with E-state index in [0.29, 0.717) is 16.6 Å². The molecule has 0 spiro atoms. The molecule has 2 aromatic heterocycles. The third-order valence-electron chi connectivity index (χ3n) is 2.61. The molecular formula is C12H9FN4. The number of nitrogen functional groups attached to an aromatic ring is 1. The number of aromatic nitrogens is 3. The Bertz CT molecular complexity index is 690. The molecular weight excluding hydrogens is 219 g/mol. The average molecular weight is 228 g/mol. The Kier molecular flexibility index (Phi) is 2.04. The first-order valence-electron chi connectivity index (χ1n) is 5.10. The molecule has 5 heteroatoms. The number of hydrogen-bond acceptors (Lipinski definition) is 3. The summed E-state index contributed by atoms with van der Waals surface area (Å²) in [7, 11) is 0. The van der Waals surface area contributed by atoms with Crippen LogP contribution < -0.4 is 5.73 Å². The topological polar surface area (TPSA) is 67.6 Å². The van der Waals surface area contributed by atoms with Gasteiger partial charge in [0.05, 0.1) is 5.69 Å². The first-order valence-corrected chi connectivity index (χ1v) is 5.10. The number of nitrogens with two attached hydrogens (primary N) is 1. The van der Waals surface area contributed by atoms with Crippen molar-refractivity contribution in [1.29, 1.82) is 0 Å². The minimum atomic E-state index is -0.282. The maximum atomic E-state index is 13.8. The second kappa shape index (κ2) is 3.55. The van der Waals surface area contributed by atoms with Gasteiger partial charge in [-0.2, -0.15) is 0 Å². The summed E-state index contributed by atoms with van der Waals surface area (Å²) < 4.78 is 13.8. The van der Waals surface area contributed by atoms with Gasteiger partial charge in [-0.1, -0.05) is 6.07 Å². The second-order valence-electron chi connectivity index (χ2n) is 3.66. The summed E-state index contributed by atoms with van der Waals surface area (Å²) in [6.45, 7) is 0. The van der Waals surface area contributed by atoms with Gasteiger partial charge in [-0.05, 0) is 18.2 Å². The van der Waals surface area contributed by atoms with Gasteiger partial charge in [-0.15, -0.1) is 0 Å². The lowest BCUT2D eigenvalue weighted by molar-refractivity contribution is 0.640. The van der Waals surface area contributed by atoms with E-state index >= 15 is 0 Å². The van der Waals surface area contributed by atoms with Crippen molar-refractivity contribution in [3.8, 4) is 11.3 Å². The molecule has 84 valence electrons. The number of halogens is 1. The Hall–Kier alpha value is -2.43. The summed E-state index contributed by atoms with van der Waals surface area (Å²) in [4.78, 5) is 10.9. The molecule has 0 saturated carbocycles.